The summed E-state index contributed by atoms with van der Waals surface area (Å²) in [5.41, 5.74) is 5.98. The van der Waals surface area contributed by atoms with Crippen molar-refractivity contribution in [3.63, 3.8) is 0 Å². The Hall–Kier alpha value is -1.00. The number of hydrogen-bond acceptors (Lipinski definition) is 3. The Kier molecular flexibility index (Phi) is 3.79. The number of nitrogens with zero attached hydrogens (tertiary/aromatic N) is 1. The molecule has 0 amide bonds. The lowest BCUT2D eigenvalue weighted by Crippen LogP contribution is -2.25. The SMILES string of the molecule is N[C@@H](CCO)Cc1ncccc1F. The average Bonchev–Trinajstić information content (AvgIpc) is 2.09. The predicted molar refractivity (Wildman–Crippen MR) is 47.6 cm³/mol. The molecule has 0 unspecified atom stereocenters. The van der Waals surface area contributed by atoms with Crippen molar-refractivity contribution in [1.29, 1.82) is 0 Å². The smallest absolute Gasteiger partial charge is 0.144 e. The summed E-state index contributed by atoms with van der Waals surface area (Å²) in [5.74, 6) is -0.337. The van der Waals surface area contributed by atoms with Gasteiger partial charge < -0.3 is 10.8 Å². The monoisotopic (exact) mass is 184 g/mol. The van der Waals surface area contributed by atoms with Gasteiger partial charge in [0.25, 0.3) is 0 Å². The number of halogens is 1. The van der Waals surface area contributed by atoms with E-state index >= 15 is 0 Å². The van der Waals surface area contributed by atoms with E-state index in [1.54, 1.807) is 0 Å². The minimum Gasteiger partial charge on any atom is -0.396 e. The zero-order valence-electron chi connectivity index (χ0n) is 7.28. The Bertz CT molecular complexity index is 268. The molecule has 0 spiro atoms. The van der Waals surface area contributed by atoms with Crippen LogP contribution in [0.1, 0.15) is 12.1 Å². The van der Waals surface area contributed by atoms with Crippen LogP contribution < -0.4 is 5.73 Å². The summed E-state index contributed by atoms with van der Waals surface area (Å²) in [6, 6.07) is 2.67. The molecule has 4 heteroatoms. The summed E-state index contributed by atoms with van der Waals surface area (Å²) >= 11 is 0. The van der Waals surface area contributed by atoms with Crippen LogP contribution in [0.25, 0.3) is 0 Å². The lowest BCUT2D eigenvalue weighted by atomic mass is 10.1. The van der Waals surface area contributed by atoms with Crippen molar-refractivity contribution in [2.75, 3.05) is 6.61 Å². The van der Waals surface area contributed by atoms with E-state index in [4.69, 9.17) is 10.8 Å². The van der Waals surface area contributed by atoms with E-state index in [0.29, 0.717) is 18.5 Å². The fourth-order valence-corrected chi connectivity index (χ4v) is 1.08. The van der Waals surface area contributed by atoms with Gasteiger partial charge in [-0.1, -0.05) is 0 Å². The Balaban J connectivity index is 2.58. The first kappa shape index (κ1) is 10.1. The van der Waals surface area contributed by atoms with Crippen LogP contribution in [0.4, 0.5) is 4.39 Å². The van der Waals surface area contributed by atoms with Crippen LogP contribution in [0.5, 0.6) is 0 Å². The summed E-state index contributed by atoms with van der Waals surface area (Å²) in [6.45, 7) is 0.0234. The average molecular weight is 184 g/mol. The molecule has 3 N–H and O–H groups in total. The Labute approximate surface area is 76.4 Å². The molecule has 1 atom stereocenters. The molecule has 0 aliphatic heterocycles. The van der Waals surface area contributed by atoms with Crippen molar-refractivity contribution in [3.8, 4) is 0 Å². The van der Waals surface area contributed by atoms with Gasteiger partial charge in [-0.3, -0.25) is 4.98 Å². The maximum Gasteiger partial charge on any atom is 0.144 e. The maximum atomic E-state index is 13.0. The van der Waals surface area contributed by atoms with Crippen molar-refractivity contribution >= 4 is 0 Å². The van der Waals surface area contributed by atoms with Crippen molar-refractivity contribution in [2.45, 2.75) is 18.9 Å². The number of pyridine rings is 1. The van der Waals surface area contributed by atoms with Gasteiger partial charge in [0.2, 0.25) is 0 Å². The Morgan fingerprint density at radius 3 is 3.00 bits per heavy atom. The summed E-state index contributed by atoms with van der Waals surface area (Å²) in [6.07, 6.45) is 2.37. The molecule has 0 saturated heterocycles. The number of nitrogens with two attached hydrogens (primary N) is 1. The molecular weight excluding hydrogens is 171 g/mol. The van der Waals surface area contributed by atoms with Crippen LogP contribution >= 0.6 is 0 Å². The second-order valence-electron chi connectivity index (χ2n) is 2.91. The van der Waals surface area contributed by atoms with E-state index < -0.39 is 0 Å². The molecule has 0 aliphatic carbocycles. The Morgan fingerprint density at radius 2 is 2.38 bits per heavy atom. The van der Waals surface area contributed by atoms with Gasteiger partial charge in [0.1, 0.15) is 5.82 Å². The van der Waals surface area contributed by atoms with Gasteiger partial charge in [0, 0.05) is 25.3 Å². The highest BCUT2D eigenvalue weighted by Gasteiger charge is 2.07. The van der Waals surface area contributed by atoms with Crippen molar-refractivity contribution in [3.05, 3.63) is 29.8 Å². The van der Waals surface area contributed by atoms with Crippen LogP contribution in [-0.4, -0.2) is 22.7 Å². The molecule has 1 rings (SSSR count). The third-order valence-electron chi connectivity index (χ3n) is 1.79. The van der Waals surface area contributed by atoms with E-state index in [-0.39, 0.29) is 18.5 Å². The summed E-state index contributed by atoms with van der Waals surface area (Å²) in [5, 5.41) is 8.59. The van der Waals surface area contributed by atoms with E-state index in [1.807, 2.05) is 0 Å². The minimum absolute atomic E-state index is 0.0234. The molecule has 0 aromatic carbocycles. The lowest BCUT2D eigenvalue weighted by Gasteiger charge is -2.08. The highest BCUT2D eigenvalue weighted by molar-refractivity contribution is 5.08. The van der Waals surface area contributed by atoms with Gasteiger partial charge >= 0.3 is 0 Å². The van der Waals surface area contributed by atoms with Crippen molar-refractivity contribution < 1.29 is 9.50 Å². The first-order valence-corrected chi connectivity index (χ1v) is 4.20. The molecule has 0 radical (unpaired) electrons. The van der Waals surface area contributed by atoms with Gasteiger partial charge in [-0.2, -0.15) is 0 Å². The van der Waals surface area contributed by atoms with Gasteiger partial charge in [-0.05, 0) is 18.6 Å². The second kappa shape index (κ2) is 4.89. The number of rotatable bonds is 4. The fraction of sp³-hybridized carbons (Fsp3) is 0.444. The minimum atomic E-state index is -0.337. The van der Waals surface area contributed by atoms with Crippen LogP contribution in [0.2, 0.25) is 0 Å². The normalized spacial score (nSPS) is 12.8. The van der Waals surface area contributed by atoms with E-state index in [0.717, 1.165) is 0 Å². The molecular formula is C9H13FN2O. The molecule has 3 nitrogen and oxygen atoms in total. The first-order valence-electron chi connectivity index (χ1n) is 4.20. The predicted octanol–water partition coefficient (Wildman–Crippen LogP) is 0.473. The van der Waals surface area contributed by atoms with Crippen molar-refractivity contribution in [2.24, 2.45) is 5.73 Å². The lowest BCUT2D eigenvalue weighted by molar-refractivity contribution is 0.274. The molecule has 0 fully saturated rings. The number of aliphatic hydroxyl groups is 1. The molecule has 72 valence electrons. The largest absolute Gasteiger partial charge is 0.396 e. The third kappa shape index (κ3) is 3.08. The number of aromatic nitrogens is 1. The molecule has 13 heavy (non-hydrogen) atoms. The summed E-state index contributed by atoms with van der Waals surface area (Å²) in [4.78, 5) is 3.86. The molecule has 0 aliphatic rings. The number of hydrogen-bond donors (Lipinski definition) is 2. The second-order valence-corrected chi connectivity index (χ2v) is 2.91. The van der Waals surface area contributed by atoms with Crippen LogP contribution in [0.15, 0.2) is 18.3 Å². The highest BCUT2D eigenvalue weighted by atomic mass is 19.1. The van der Waals surface area contributed by atoms with Crippen LogP contribution in [-0.2, 0) is 6.42 Å². The fourth-order valence-electron chi connectivity index (χ4n) is 1.08. The zero-order valence-corrected chi connectivity index (χ0v) is 7.28. The standard InChI is InChI=1S/C9H13FN2O/c10-8-2-1-4-12-9(8)6-7(11)3-5-13/h1-2,4,7,13H,3,5-6,11H2/t7-/m0/s1. The van der Waals surface area contributed by atoms with Gasteiger partial charge in [0.05, 0.1) is 5.69 Å². The molecule has 0 saturated carbocycles. The number of aliphatic hydroxyl groups excluding tert-OH is 1. The van der Waals surface area contributed by atoms with Crippen molar-refractivity contribution in [1.82, 2.24) is 4.98 Å². The van der Waals surface area contributed by atoms with E-state index in [2.05, 4.69) is 4.98 Å². The van der Waals surface area contributed by atoms with Gasteiger partial charge in [-0.15, -0.1) is 0 Å². The Morgan fingerprint density at radius 1 is 1.62 bits per heavy atom. The van der Waals surface area contributed by atoms with Crippen LogP contribution in [0, 0.1) is 5.82 Å². The first-order chi connectivity index (χ1) is 6.24. The zero-order chi connectivity index (χ0) is 9.68. The summed E-state index contributed by atoms with van der Waals surface area (Å²) < 4.78 is 13.0. The van der Waals surface area contributed by atoms with E-state index in [1.165, 1.54) is 18.3 Å². The third-order valence-corrected chi connectivity index (χ3v) is 1.79. The van der Waals surface area contributed by atoms with Gasteiger partial charge in [-0.25, -0.2) is 4.39 Å². The summed E-state index contributed by atoms with van der Waals surface area (Å²) in [7, 11) is 0. The van der Waals surface area contributed by atoms with E-state index in [9.17, 15) is 4.39 Å². The maximum absolute atomic E-state index is 13.0. The van der Waals surface area contributed by atoms with Gasteiger partial charge in [0.15, 0.2) is 0 Å². The van der Waals surface area contributed by atoms with Crippen LogP contribution in [0.3, 0.4) is 0 Å². The molecule has 1 aromatic rings. The molecule has 1 heterocycles. The molecule has 0 bridgehead atoms. The topological polar surface area (TPSA) is 59.1 Å². The quantitative estimate of drug-likeness (QED) is 0.715. The highest BCUT2D eigenvalue weighted by Crippen LogP contribution is 2.05. The molecule has 1 aromatic heterocycles.